The van der Waals surface area contributed by atoms with Gasteiger partial charge in [0.25, 0.3) is 0 Å². The molecular formula is C21H32NO2+. The van der Waals surface area contributed by atoms with Gasteiger partial charge in [-0.3, -0.25) is 4.79 Å². The molecular weight excluding hydrogens is 298 g/mol. The molecule has 0 radical (unpaired) electrons. The molecule has 1 aliphatic heterocycles. The average Bonchev–Trinajstić information content (AvgIpc) is 2.64. The van der Waals surface area contributed by atoms with E-state index in [9.17, 15) is 4.79 Å². The second-order valence-electron chi connectivity index (χ2n) is 7.65. The number of nitrogens with two attached hydrogens (primary N) is 1. The number of ether oxygens (including phenoxy) is 1. The van der Waals surface area contributed by atoms with Crippen molar-refractivity contribution in [1.82, 2.24) is 0 Å². The molecule has 1 saturated heterocycles. The normalized spacial score (nSPS) is 26.7. The molecule has 2 fully saturated rings. The minimum absolute atomic E-state index is 0.0516. The Balaban J connectivity index is 1.66. The van der Waals surface area contributed by atoms with Crippen LogP contribution in [0.2, 0.25) is 0 Å². The summed E-state index contributed by atoms with van der Waals surface area (Å²) < 4.78 is 6.24. The maximum Gasteiger partial charge on any atom is 0.309 e. The van der Waals surface area contributed by atoms with Crippen LogP contribution >= 0.6 is 0 Å². The lowest BCUT2D eigenvalue weighted by Gasteiger charge is -2.38. The van der Waals surface area contributed by atoms with E-state index in [1.165, 1.54) is 31.2 Å². The summed E-state index contributed by atoms with van der Waals surface area (Å²) in [6.07, 6.45) is 8.83. The molecule has 3 rings (SSSR count). The van der Waals surface area contributed by atoms with Crippen molar-refractivity contribution in [2.24, 2.45) is 11.8 Å². The monoisotopic (exact) mass is 330 g/mol. The first-order valence-electron chi connectivity index (χ1n) is 9.83. The zero-order valence-corrected chi connectivity index (χ0v) is 15.0. The second kappa shape index (κ2) is 8.15. The molecule has 2 N–H and O–H groups in total. The van der Waals surface area contributed by atoms with E-state index < -0.39 is 5.60 Å². The number of carbonyl (C=O) groups excluding carboxylic acids is 1. The van der Waals surface area contributed by atoms with Crippen LogP contribution in [0, 0.1) is 11.8 Å². The van der Waals surface area contributed by atoms with E-state index in [2.05, 4.69) is 36.5 Å². The van der Waals surface area contributed by atoms with Crippen LogP contribution in [0.25, 0.3) is 0 Å². The number of quaternary nitrogens is 1. The zero-order chi connectivity index (χ0) is 16.8. The Bertz CT molecular complexity index is 514. The van der Waals surface area contributed by atoms with Gasteiger partial charge in [-0.25, -0.2) is 0 Å². The Kier molecular flexibility index (Phi) is 5.94. The Morgan fingerprint density at radius 1 is 1.12 bits per heavy atom. The van der Waals surface area contributed by atoms with Gasteiger partial charge in [-0.15, -0.1) is 0 Å². The average molecular weight is 330 g/mol. The molecule has 0 atom stereocenters. The van der Waals surface area contributed by atoms with E-state index in [4.69, 9.17) is 4.74 Å². The number of esters is 1. The second-order valence-corrected chi connectivity index (χ2v) is 7.65. The van der Waals surface area contributed by atoms with Crippen LogP contribution < -0.4 is 5.32 Å². The fourth-order valence-electron chi connectivity index (χ4n) is 4.50. The van der Waals surface area contributed by atoms with Gasteiger partial charge in [-0.05, 0) is 37.2 Å². The van der Waals surface area contributed by atoms with Crippen molar-refractivity contribution < 1.29 is 14.8 Å². The Morgan fingerprint density at radius 2 is 1.79 bits per heavy atom. The summed E-state index contributed by atoms with van der Waals surface area (Å²) in [5.74, 6) is 0.992. The molecule has 3 heteroatoms. The van der Waals surface area contributed by atoms with Gasteiger partial charge in [0.05, 0.1) is 19.0 Å². The number of benzene rings is 1. The van der Waals surface area contributed by atoms with E-state index >= 15 is 0 Å². The van der Waals surface area contributed by atoms with Gasteiger partial charge in [0.1, 0.15) is 5.60 Å². The zero-order valence-electron chi connectivity index (χ0n) is 15.0. The molecule has 0 aromatic heterocycles. The summed E-state index contributed by atoms with van der Waals surface area (Å²) in [5, 5.41) is 2.32. The van der Waals surface area contributed by atoms with Gasteiger partial charge in [0.2, 0.25) is 0 Å². The molecule has 1 aromatic carbocycles. The van der Waals surface area contributed by atoms with Crippen LogP contribution in [0.3, 0.4) is 0 Å². The Labute approximate surface area is 146 Å². The molecule has 0 bridgehead atoms. The van der Waals surface area contributed by atoms with Crippen LogP contribution in [-0.2, 0) is 15.1 Å². The standard InChI is InChI=1S/C21H31NO2/c1-2-6-17-9-11-18(12-10-17)20(23)24-21(13-15-22-16-14-21)19-7-4-3-5-8-19/h3-5,7-8,17-18,22H,2,6,9-16H2,1H3/p+1. The molecule has 0 spiro atoms. The van der Waals surface area contributed by atoms with Crippen LogP contribution in [-0.4, -0.2) is 19.1 Å². The third-order valence-corrected chi connectivity index (χ3v) is 5.98. The maximum absolute atomic E-state index is 12.9. The summed E-state index contributed by atoms with van der Waals surface area (Å²) in [6, 6.07) is 10.4. The third kappa shape index (κ3) is 4.00. The fraction of sp³-hybridized carbons (Fsp3) is 0.667. The third-order valence-electron chi connectivity index (χ3n) is 5.98. The number of rotatable bonds is 5. The molecule has 24 heavy (non-hydrogen) atoms. The first-order valence-corrected chi connectivity index (χ1v) is 9.83. The van der Waals surface area contributed by atoms with Crippen molar-refractivity contribution in [2.75, 3.05) is 13.1 Å². The molecule has 1 saturated carbocycles. The SMILES string of the molecule is CCCC1CCC(C(=O)OC2(c3ccccc3)CC[NH2+]CC2)CC1. The summed E-state index contributed by atoms with van der Waals surface area (Å²) in [5.41, 5.74) is 0.777. The van der Waals surface area contributed by atoms with Crippen molar-refractivity contribution in [2.45, 2.75) is 63.9 Å². The fourth-order valence-corrected chi connectivity index (χ4v) is 4.50. The molecule has 1 aliphatic carbocycles. The van der Waals surface area contributed by atoms with Gasteiger partial charge >= 0.3 is 5.97 Å². The van der Waals surface area contributed by atoms with E-state index in [1.54, 1.807) is 0 Å². The lowest BCUT2D eigenvalue weighted by atomic mass is 9.79. The van der Waals surface area contributed by atoms with Gasteiger partial charge in [0, 0.05) is 12.8 Å². The van der Waals surface area contributed by atoms with Crippen molar-refractivity contribution >= 4 is 5.97 Å². The van der Waals surface area contributed by atoms with Crippen molar-refractivity contribution in [1.29, 1.82) is 0 Å². The van der Waals surface area contributed by atoms with Gasteiger partial charge in [-0.2, -0.15) is 0 Å². The number of hydrogen-bond donors (Lipinski definition) is 1. The quantitative estimate of drug-likeness (QED) is 0.841. The highest BCUT2D eigenvalue weighted by atomic mass is 16.6. The molecule has 0 amide bonds. The first kappa shape index (κ1) is 17.5. The highest BCUT2D eigenvalue weighted by Gasteiger charge is 2.41. The van der Waals surface area contributed by atoms with Crippen LogP contribution in [0.4, 0.5) is 0 Å². The van der Waals surface area contributed by atoms with Crippen LogP contribution in [0.1, 0.15) is 63.9 Å². The van der Waals surface area contributed by atoms with Crippen LogP contribution in [0.15, 0.2) is 30.3 Å². The smallest absolute Gasteiger partial charge is 0.309 e. The van der Waals surface area contributed by atoms with Gasteiger partial charge < -0.3 is 10.1 Å². The molecule has 2 aliphatic rings. The molecule has 1 aromatic rings. The summed E-state index contributed by atoms with van der Waals surface area (Å²) in [7, 11) is 0. The molecule has 1 heterocycles. The van der Waals surface area contributed by atoms with Crippen molar-refractivity contribution in [3.05, 3.63) is 35.9 Å². The summed E-state index contributed by atoms with van der Waals surface area (Å²) >= 11 is 0. The van der Waals surface area contributed by atoms with E-state index in [-0.39, 0.29) is 11.9 Å². The number of hydrogen-bond acceptors (Lipinski definition) is 2. The largest absolute Gasteiger partial charge is 0.453 e. The Hall–Kier alpha value is -1.35. The van der Waals surface area contributed by atoms with E-state index in [0.717, 1.165) is 44.7 Å². The van der Waals surface area contributed by atoms with E-state index in [0.29, 0.717) is 0 Å². The predicted molar refractivity (Wildman–Crippen MR) is 95.5 cm³/mol. The highest BCUT2D eigenvalue weighted by molar-refractivity contribution is 5.73. The minimum Gasteiger partial charge on any atom is -0.453 e. The summed E-state index contributed by atoms with van der Waals surface area (Å²) in [4.78, 5) is 12.9. The van der Waals surface area contributed by atoms with Crippen LogP contribution in [0.5, 0.6) is 0 Å². The van der Waals surface area contributed by atoms with Gasteiger partial charge in [-0.1, -0.05) is 50.1 Å². The topological polar surface area (TPSA) is 42.9 Å². The molecule has 0 unspecified atom stereocenters. The minimum atomic E-state index is -0.395. The van der Waals surface area contributed by atoms with Crippen molar-refractivity contribution in [3.8, 4) is 0 Å². The molecule has 132 valence electrons. The van der Waals surface area contributed by atoms with Gasteiger partial charge in [0.15, 0.2) is 0 Å². The highest BCUT2D eigenvalue weighted by Crippen LogP contribution is 2.37. The lowest BCUT2D eigenvalue weighted by Crippen LogP contribution is -2.87. The lowest BCUT2D eigenvalue weighted by molar-refractivity contribution is -0.668. The first-order chi connectivity index (χ1) is 11.7. The van der Waals surface area contributed by atoms with Crippen molar-refractivity contribution in [3.63, 3.8) is 0 Å². The molecule has 3 nitrogen and oxygen atoms in total. The number of carbonyl (C=O) groups is 1. The van der Waals surface area contributed by atoms with E-state index in [1.807, 2.05) is 6.07 Å². The Morgan fingerprint density at radius 3 is 2.42 bits per heavy atom. The maximum atomic E-state index is 12.9. The summed E-state index contributed by atoms with van der Waals surface area (Å²) in [6.45, 7) is 4.32. The number of piperidine rings is 1. The predicted octanol–water partition coefficient (Wildman–Crippen LogP) is 3.39.